The summed E-state index contributed by atoms with van der Waals surface area (Å²) in [5, 5.41) is 3.65. The highest BCUT2D eigenvalue weighted by Crippen LogP contribution is 2.21. The summed E-state index contributed by atoms with van der Waals surface area (Å²) in [4.78, 5) is 0. The van der Waals surface area contributed by atoms with E-state index in [4.69, 9.17) is 4.74 Å². The molecule has 1 N–H and O–H groups in total. The molecule has 2 aromatic carbocycles. The van der Waals surface area contributed by atoms with Crippen LogP contribution in [0.25, 0.3) is 0 Å². The van der Waals surface area contributed by atoms with E-state index in [9.17, 15) is 0 Å². The Bertz CT molecular complexity index is 493. The normalized spacial score (nSPS) is 13.7. The van der Waals surface area contributed by atoms with Crippen LogP contribution in [0.5, 0.6) is 5.75 Å². The average molecular weight is 283 g/mol. The van der Waals surface area contributed by atoms with E-state index in [0.717, 1.165) is 12.2 Å². The van der Waals surface area contributed by atoms with E-state index >= 15 is 0 Å². The number of hydrogen-bond donors (Lipinski definition) is 1. The lowest BCUT2D eigenvalue weighted by atomic mass is 10.0. The van der Waals surface area contributed by atoms with Crippen molar-refractivity contribution >= 4 is 0 Å². The number of aryl methyl sites for hydroxylation is 1. The van der Waals surface area contributed by atoms with Crippen molar-refractivity contribution in [2.45, 2.75) is 39.3 Å². The van der Waals surface area contributed by atoms with Crippen LogP contribution in [-0.4, -0.2) is 7.11 Å². The van der Waals surface area contributed by atoms with Gasteiger partial charge in [0.1, 0.15) is 5.75 Å². The largest absolute Gasteiger partial charge is 0.497 e. The quantitative estimate of drug-likeness (QED) is 0.832. The van der Waals surface area contributed by atoms with Crippen LogP contribution in [0.15, 0.2) is 48.5 Å². The van der Waals surface area contributed by atoms with Crippen molar-refractivity contribution in [2.24, 2.45) is 0 Å². The first-order chi connectivity index (χ1) is 10.1. The molecule has 2 atom stereocenters. The van der Waals surface area contributed by atoms with E-state index in [0.29, 0.717) is 12.1 Å². The predicted octanol–water partition coefficient (Wildman–Crippen LogP) is 4.67. The second-order valence-electron chi connectivity index (χ2n) is 5.48. The lowest BCUT2D eigenvalue weighted by Gasteiger charge is -2.21. The summed E-state index contributed by atoms with van der Waals surface area (Å²) in [7, 11) is 1.69. The summed E-state index contributed by atoms with van der Waals surface area (Å²) in [5.41, 5.74) is 3.98. The number of ether oxygens (including phenoxy) is 1. The maximum absolute atomic E-state index is 5.20. The maximum Gasteiger partial charge on any atom is 0.118 e. The molecule has 0 aliphatic carbocycles. The third-order valence-corrected chi connectivity index (χ3v) is 4.00. The molecule has 0 spiro atoms. The molecule has 0 heterocycles. The van der Waals surface area contributed by atoms with Crippen LogP contribution in [-0.2, 0) is 6.42 Å². The highest BCUT2D eigenvalue weighted by atomic mass is 16.5. The Morgan fingerprint density at radius 1 is 0.857 bits per heavy atom. The topological polar surface area (TPSA) is 21.3 Å². The molecule has 2 aromatic rings. The van der Waals surface area contributed by atoms with E-state index < -0.39 is 0 Å². The minimum Gasteiger partial charge on any atom is -0.497 e. The Balaban J connectivity index is 2.01. The van der Waals surface area contributed by atoms with Crippen LogP contribution >= 0.6 is 0 Å². The Labute approximate surface area is 128 Å². The molecule has 0 aliphatic rings. The molecular weight excluding hydrogens is 258 g/mol. The molecule has 2 heteroatoms. The molecule has 21 heavy (non-hydrogen) atoms. The van der Waals surface area contributed by atoms with E-state index in [-0.39, 0.29) is 0 Å². The van der Waals surface area contributed by atoms with Gasteiger partial charge in [-0.15, -0.1) is 0 Å². The van der Waals surface area contributed by atoms with Crippen molar-refractivity contribution in [1.82, 2.24) is 5.32 Å². The molecule has 0 fully saturated rings. The van der Waals surface area contributed by atoms with Crippen molar-refractivity contribution in [3.05, 3.63) is 65.2 Å². The fourth-order valence-corrected chi connectivity index (χ4v) is 2.50. The first-order valence-electron chi connectivity index (χ1n) is 7.63. The lowest BCUT2D eigenvalue weighted by molar-refractivity contribution is 0.414. The molecule has 2 unspecified atom stereocenters. The monoisotopic (exact) mass is 283 g/mol. The number of rotatable bonds is 6. The summed E-state index contributed by atoms with van der Waals surface area (Å²) < 4.78 is 5.20. The van der Waals surface area contributed by atoms with Gasteiger partial charge < -0.3 is 10.1 Å². The smallest absolute Gasteiger partial charge is 0.118 e. The van der Waals surface area contributed by atoms with Crippen molar-refractivity contribution in [1.29, 1.82) is 0 Å². The summed E-state index contributed by atoms with van der Waals surface area (Å²) in [5.74, 6) is 0.897. The Hall–Kier alpha value is -1.80. The van der Waals surface area contributed by atoms with Gasteiger partial charge in [-0.25, -0.2) is 0 Å². The molecular formula is C19H25NO. The van der Waals surface area contributed by atoms with Crippen LogP contribution in [0.4, 0.5) is 0 Å². The molecule has 0 radical (unpaired) electrons. The zero-order valence-electron chi connectivity index (χ0n) is 13.4. The zero-order valence-corrected chi connectivity index (χ0v) is 13.4. The van der Waals surface area contributed by atoms with Crippen LogP contribution in [0.3, 0.4) is 0 Å². The molecule has 0 saturated carbocycles. The molecule has 0 amide bonds. The molecule has 2 rings (SSSR count). The van der Waals surface area contributed by atoms with Crippen LogP contribution in [0, 0.1) is 0 Å². The Kier molecular flexibility index (Phi) is 5.40. The molecule has 0 aromatic heterocycles. The summed E-state index contributed by atoms with van der Waals surface area (Å²) in [6, 6.07) is 17.7. The molecule has 0 saturated heterocycles. The number of benzene rings is 2. The third-order valence-electron chi connectivity index (χ3n) is 4.00. The number of methoxy groups -OCH3 is 1. The lowest BCUT2D eigenvalue weighted by Crippen LogP contribution is -2.22. The second kappa shape index (κ2) is 7.28. The summed E-state index contributed by atoms with van der Waals surface area (Å²) >= 11 is 0. The molecule has 0 bridgehead atoms. The van der Waals surface area contributed by atoms with Gasteiger partial charge in [-0.3, -0.25) is 0 Å². The Morgan fingerprint density at radius 2 is 1.33 bits per heavy atom. The standard InChI is InChI=1S/C19H25NO/c1-5-16-6-8-17(9-7-16)14(2)20-15(3)18-10-12-19(21-4)13-11-18/h6-15,20H,5H2,1-4H3. The van der Waals surface area contributed by atoms with Gasteiger partial charge in [-0.1, -0.05) is 43.3 Å². The highest BCUT2D eigenvalue weighted by Gasteiger charge is 2.11. The zero-order chi connectivity index (χ0) is 15.2. The third kappa shape index (κ3) is 4.08. The summed E-state index contributed by atoms with van der Waals surface area (Å²) in [6.07, 6.45) is 1.09. The van der Waals surface area contributed by atoms with Crippen molar-refractivity contribution < 1.29 is 4.74 Å². The Morgan fingerprint density at radius 3 is 1.76 bits per heavy atom. The second-order valence-corrected chi connectivity index (χ2v) is 5.48. The average Bonchev–Trinajstić information content (AvgIpc) is 2.55. The van der Waals surface area contributed by atoms with Gasteiger partial charge in [0.15, 0.2) is 0 Å². The van der Waals surface area contributed by atoms with E-state index in [2.05, 4.69) is 62.5 Å². The van der Waals surface area contributed by atoms with Gasteiger partial charge >= 0.3 is 0 Å². The first-order valence-corrected chi connectivity index (χ1v) is 7.63. The number of nitrogens with one attached hydrogen (secondary N) is 1. The van der Waals surface area contributed by atoms with E-state index in [1.54, 1.807) is 7.11 Å². The minimum atomic E-state index is 0.303. The van der Waals surface area contributed by atoms with Gasteiger partial charge in [0.05, 0.1) is 7.11 Å². The fraction of sp³-hybridized carbons (Fsp3) is 0.368. The molecule has 2 nitrogen and oxygen atoms in total. The van der Waals surface area contributed by atoms with Crippen molar-refractivity contribution in [3.8, 4) is 5.75 Å². The van der Waals surface area contributed by atoms with E-state index in [1.165, 1.54) is 16.7 Å². The van der Waals surface area contributed by atoms with Crippen LogP contribution in [0.2, 0.25) is 0 Å². The van der Waals surface area contributed by atoms with Gasteiger partial charge in [-0.2, -0.15) is 0 Å². The van der Waals surface area contributed by atoms with Gasteiger partial charge in [0, 0.05) is 12.1 Å². The van der Waals surface area contributed by atoms with Crippen molar-refractivity contribution in [2.75, 3.05) is 7.11 Å². The SMILES string of the molecule is CCc1ccc(C(C)NC(C)c2ccc(OC)cc2)cc1. The maximum atomic E-state index is 5.20. The first kappa shape index (κ1) is 15.6. The van der Waals surface area contributed by atoms with Gasteiger partial charge in [0.2, 0.25) is 0 Å². The predicted molar refractivity (Wildman–Crippen MR) is 88.8 cm³/mol. The van der Waals surface area contributed by atoms with Crippen molar-refractivity contribution in [3.63, 3.8) is 0 Å². The van der Waals surface area contributed by atoms with Gasteiger partial charge in [-0.05, 0) is 49.1 Å². The molecule has 0 aliphatic heterocycles. The van der Waals surface area contributed by atoms with E-state index in [1.807, 2.05) is 12.1 Å². The fourth-order valence-electron chi connectivity index (χ4n) is 2.50. The summed E-state index contributed by atoms with van der Waals surface area (Å²) in [6.45, 7) is 6.59. The van der Waals surface area contributed by atoms with Crippen LogP contribution < -0.4 is 10.1 Å². The highest BCUT2D eigenvalue weighted by molar-refractivity contribution is 5.29. The minimum absolute atomic E-state index is 0.303. The number of hydrogen-bond acceptors (Lipinski definition) is 2. The molecule has 112 valence electrons. The van der Waals surface area contributed by atoms with Gasteiger partial charge in [0.25, 0.3) is 0 Å². The van der Waals surface area contributed by atoms with Crippen LogP contribution in [0.1, 0.15) is 49.5 Å².